The molecule has 3 aromatic carbocycles. The van der Waals surface area contributed by atoms with Crippen molar-refractivity contribution in [1.82, 2.24) is 10.3 Å². The summed E-state index contributed by atoms with van der Waals surface area (Å²) < 4.78 is 5.82. The van der Waals surface area contributed by atoms with Crippen molar-refractivity contribution < 1.29 is 9.21 Å². The van der Waals surface area contributed by atoms with Crippen molar-refractivity contribution in [3.63, 3.8) is 0 Å². The van der Waals surface area contributed by atoms with Crippen LogP contribution in [0.3, 0.4) is 0 Å². The van der Waals surface area contributed by atoms with Gasteiger partial charge in [0.15, 0.2) is 5.76 Å². The predicted molar refractivity (Wildman–Crippen MR) is 135 cm³/mol. The molecule has 5 aromatic rings. The van der Waals surface area contributed by atoms with Crippen molar-refractivity contribution >= 4 is 39.8 Å². The van der Waals surface area contributed by atoms with Crippen molar-refractivity contribution in [2.45, 2.75) is 20.4 Å². The molecule has 5 rings (SSSR count). The Bertz CT molecular complexity index is 1450. The maximum atomic E-state index is 12.8. The molecule has 0 unspecified atom stereocenters. The van der Waals surface area contributed by atoms with Gasteiger partial charge in [0.1, 0.15) is 10.6 Å². The largest absolute Gasteiger partial charge is 0.451 e. The minimum absolute atomic E-state index is 0.242. The third-order valence-electron chi connectivity index (χ3n) is 5.65. The molecule has 1 amide bonds. The molecule has 1 N–H and O–H groups in total. The van der Waals surface area contributed by atoms with Crippen molar-refractivity contribution in [1.29, 1.82) is 0 Å². The van der Waals surface area contributed by atoms with Gasteiger partial charge in [0, 0.05) is 39.0 Å². The second-order valence-electron chi connectivity index (χ2n) is 7.94. The molecule has 33 heavy (non-hydrogen) atoms. The number of nitrogens with zero attached hydrogens (tertiary/aromatic N) is 1. The average molecular weight is 473 g/mol. The molecule has 0 atom stereocenters. The summed E-state index contributed by atoms with van der Waals surface area (Å²) in [7, 11) is 0. The molecule has 0 aliphatic carbocycles. The van der Waals surface area contributed by atoms with E-state index in [0.29, 0.717) is 22.9 Å². The van der Waals surface area contributed by atoms with Crippen LogP contribution in [0.15, 0.2) is 76.5 Å². The number of nitrogens with one attached hydrogen (secondary N) is 1. The lowest BCUT2D eigenvalue weighted by molar-refractivity contribution is 0.0924. The van der Waals surface area contributed by atoms with Gasteiger partial charge in [-0.25, -0.2) is 4.98 Å². The summed E-state index contributed by atoms with van der Waals surface area (Å²) >= 11 is 7.86. The van der Waals surface area contributed by atoms with E-state index in [1.165, 1.54) is 0 Å². The van der Waals surface area contributed by atoms with Crippen LogP contribution in [-0.2, 0) is 6.54 Å². The van der Waals surface area contributed by atoms with E-state index in [4.69, 9.17) is 21.0 Å². The molecule has 6 heteroatoms. The van der Waals surface area contributed by atoms with Crippen molar-refractivity contribution in [2.75, 3.05) is 0 Å². The Morgan fingerprint density at radius 3 is 2.55 bits per heavy atom. The molecule has 0 saturated carbocycles. The highest BCUT2D eigenvalue weighted by molar-refractivity contribution is 7.13. The zero-order chi connectivity index (χ0) is 22.9. The number of rotatable bonds is 5. The summed E-state index contributed by atoms with van der Waals surface area (Å²) in [4.78, 5) is 17.5. The molecule has 0 fully saturated rings. The monoisotopic (exact) mass is 472 g/mol. The van der Waals surface area contributed by atoms with Gasteiger partial charge in [-0.3, -0.25) is 4.79 Å². The maximum Gasteiger partial charge on any atom is 0.287 e. The van der Waals surface area contributed by atoms with Crippen LogP contribution in [0.2, 0.25) is 5.02 Å². The highest BCUT2D eigenvalue weighted by Gasteiger charge is 2.18. The van der Waals surface area contributed by atoms with E-state index in [1.807, 2.05) is 68.4 Å². The topological polar surface area (TPSA) is 55.1 Å². The van der Waals surface area contributed by atoms with Crippen LogP contribution in [0.5, 0.6) is 0 Å². The number of carbonyl (C=O) groups is 1. The Morgan fingerprint density at radius 2 is 1.79 bits per heavy atom. The number of halogens is 1. The van der Waals surface area contributed by atoms with Gasteiger partial charge in [0.2, 0.25) is 0 Å². The smallest absolute Gasteiger partial charge is 0.287 e. The molecule has 164 valence electrons. The first-order valence-corrected chi connectivity index (χ1v) is 11.8. The average Bonchev–Trinajstić information content (AvgIpc) is 3.45. The highest BCUT2D eigenvalue weighted by atomic mass is 35.5. The van der Waals surface area contributed by atoms with Gasteiger partial charge in [-0.2, -0.15) is 0 Å². The maximum absolute atomic E-state index is 12.8. The van der Waals surface area contributed by atoms with Gasteiger partial charge in [-0.1, -0.05) is 66.2 Å². The van der Waals surface area contributed by atoms with Gasteiger partial charge in [0.05, 0.1) is 5.69 Å². The SMILES string of the molecule is Cc1cc2oc(C(=O)NCc3ccc(-c4csc(-c5ccccc5)n4)cc3)c(C)c2cc1Cl. The fraction of sp³-hybridized carbons (Fsp3) is 0.111. The lowest BCUT2D eigenvalue weighted by atomic mass is 10.1. The third-order valence-corrected chi connectivity index (χ3v) is 6.95. The van der Waals surface area contributed by atoms with Crippen LogP contribution in [0.1, 0.15) is 27.2 Å². The lowest BCUT2D eigenvalue weighted by Crippen LogP contribution is -2.22. The van der Waals surface area contributed by atoms with Crippen LogP contribution >= 0.6 is 22.9 Å². The van der Waals surface area contributed by atoms with Gasteiger partial charge < -0.3 is 9.73 Å². The highest BCUT2D eigenvalue weighted by Crippen LogP contribution is 2.31. The molecular weight excluding hydrogens is 452 g/mol. The molecule has 0 aliphatic rings. The number of thiazole rings is 1. The molecule has 2 heterocycles. The van der Waals surface area contributed by atoms with Crippen LogP contribution in [-0.4, -0.2) is 10.9 Å². The number of fused-ring (bicyclic) bond motifs is 1. The van der Waals surface area contributed by atoms with E-state index < -0.39 is 0 Å². The van der Waals surface area contributed by atoms with Crippen molar-refractivity contribution in [2.24, 2.45) is 0 Å². The minimum Gasteiger partial charge on any atom is -0.451 e. The van der Waals surface area contributed by atoms with E-state index in [9.17, 15) is 4.79 Å². The van der Waals surface area contributed by atoms with E-state index >= 15 is 0 Å². The molecule has 0 bridgehead atoms. The fourth-order valence-electron chi connectivity index (χ4n) is 3.73. The van der Waals surface area contributed by atoms with E-state index in [1.54, 1.807) is 11.3 Å². The standard InChI is InChI=1S/C27H21ClN2O2S/c1-16-12-24-21(13-22(16)28)17(2)25(32-24)26(31)29-14-18-8-10-19(11-9-18)23-15-33-27(30-23)20-6-4-3-5-7-20/h3-13,15H,14H2,1-2H3,(H,29,31). The zero-order valence-corrected chi connectivity index (χ0v) is 19.8. The Kier molecular flexibility index (Phi) is 5.75. The Morgan fingerprint density at radius 1 is 1.03 bits per heavy atom. The number of hydrogen-bond acceptors (Lipinski definition) is 4. The number of amides is 1. The van der Waals surface area contributed by atoms with Gasteiger partial charge in [0.25, 0.3) is 5.91 Å². The van der Waals surface area contributed by atoms with Crippen LogP contribution in [0.4, 0.5) is 0 Å². The first-order valence-electron chi connectivity index (χ1n) is 10.6. The number of carbonyl (C=O) groups excluding carboxylic acids is 1. The quantitative estimate of drug-likeness (QED) is 0.289. The molecule has 2 aromatic heterocycles. The number of furan rings is 1. The second-order valence-corrected chi connectivity index (χ2v) is 9.20. The molecule has 0 spiro atoms. The van der Waals surface area contributed by atoms with Crippen molar-refractivity contribution in [3.05, 3.63) is 99.6 Å². The first kappa shape index (κ1) is 21.4. The number of aryl methyl sites for hydroxylation is 2. The van der Waals surface area contributed by atoms with Crippen LogP contribution < -0.4 is 5.32 Å². The Labute approximate surface area is 200 Å². The summed E-state index contributed by atoms with van der Waals surface area (Å²) in [6, 6.07) is 21.9. The number of benzene rings is 3. The zero-order valence-electron chi connectivity index (χ0n) is 18.2. The summed E-state index contributed by atoms with van der Waals surface area (Å²) in [5.41, 5.74) is 6.48. The van der Waals surface area contributed by atoms with E-state index in [0.717, 1.165) is 43.9 Å². The van der Waals surface area contributed by atoms with Gasteiger partial charge >= 0.3 is 0 Å². The Balaban J connectivity index is 1.28. The lowest BCUT2D eigenvalue weighted by Gasteiger charge is -2.05. The van der Waals surface area contributed by atoms with E-state index in [2.05, 4.69) is 22.8 Å². The minimum atomic E-state index is -0.242. The van der Waals surface area contributed by atoms with Gasteiger partial charge in [-0.05, 0) is 37.1 Å². The predicted octanol–water partition coefficient (Wildman–Crippen LogP) is 7.42. The fourth-order valence-corrected chi connectivity index (χ4v) is 4.73. The Hall–Kier alpha value is -3.41. The molecule has 4 nitrogen and oxygen atoms in total. The summed E-state index contributed by atoms with van der Waals surface area (Å²) in [6.45, 7) is 4.19. The number of aromatic nitrogens is 1. The van der Waals surface area contributed by atoms with Crippen molar-refractivity contribution in [3.8, 4) is 21.8 Å². The molecule has 0 saturated heterocycles. The first-order chi connectivity index (χ1) is 16.0. The normalized spacial score (nSPS) is 11.1. The molecular formula is C27H21ClN2O2S. The molecule has 0 radical (unpaired) electrons. The summed E-state index contributed by atoms with van der Waals surface area (Å²) in [5, 5.41) is 7.54. The number of hydrogen-bond donors (Lipinski definition) is 1. The van der Waals surface area contributed by atoms with Crippen LogP contribution in [0, 0.1) is 13.8 Å². The molecule has 0 aliphatic heterocycles. The van der Waals surface area contributed by atoms with Gasteiger partial charge in [-0.15, -0.1) is 11.3 Å². The summed E-state index contributed by atoms with van der Waals surface area (Å²) in [5.74, 6) is 0.0766. The van der Waals surface area contributed by atoms with E-state index in [-0.39, 0.29) is 5.91 Å². The second kappa shape index (κ2) is 8.85. The van der Waals surface area contributed by atoms with Crippen LogP contribution in [0.25, 0.3) is 32.8 Å². The third kappa shape index (κ3) is 4.30. The summed E-state index contributed by atoms with van der Waals surface area (Å²) in [6.07, 6.45) is 0.